The van der Waals surface area contributed by atoms with Gasteiger partial charge in [-0.25, -0.2) is 14.5 Å². The van der Waals surface area contributed by atoms with Gasteiger partial charge in [0.15, 0.2) is 0 Å². The Morgan fingerprint density at radius 2 is 1.97 bits per heavy atom. The average Bonchev–Trinajstić information content (AvgIpc) is 3.33. The van der Waals surface area contributed by atoms with Crippen LogP contribution in [0.4, 0.5) is 5.82 Å². The standard InChI is InChI=1S/C26H20N8O2/c1-2-36-22-12-23(26-19(13-27)16-32-34(26)17-22)18-6-8-24(31-15-18)29-10-11-30-25(35)9-7-20-4-3-5-21(14-28)33-20/h3-6,8,12,15-17H,2,10-11H2,1H3,(H,29,31)(H,30,35). The summed E-state index contributed by atoms with van der Waals surface area (Å²) in [7, 11) is 0. The van der Waals surface area contributed by atoms with E-state index in [0.29, 0.717) is 48.0 Å². The molecule has 10 heteroatoms. The molecule has 0 aliphatic heterocycles. The summed E-state index contributed by atoms with van der Waals surface area (Å²) in [6.07, 6.45) is 4.97. The van der Waals surface area contributed by atoms with Crippen LogP contribution in [0.5, 0.6) is 5.75 Å². The normalized spacial score (nSPS) is 9.97. The maximum atomic E-state index is 11.9. The molecule has 0 aliphatic rings. The van der Waals surface area contributed by atoms with Crippen molar-refractivity contribution in [2.75, 3.05) is 25.0 Å². The fourth-order valence-corrected chi connectivity index (χ4v) is 3.40. The van der Waals surface area contributed by atoms with Crippen LogP contribution in [-0.4, -0.2) is 45.2 Å². The molecule has 4 rings (SSSR count). The van der Waals surface area contributed by atoms with Gasteiger partial charge >= 0.3 is 0 Å². The number of hydrogen-bond acceptors (Lipinski definition) is 8. The van der Waals surface area contributed by atoms with Crippen molar-refractivity contribution in [2.45, 2.75) is 6.92 Å². The highest BCUT2D eigenvalue weighted by Crippen LogP contribution is 2.30. The largest absolute Gasteiger partial charge is 0.492 e. The van der Waals surface area contributed by atoms with Crippen LogP contribution in [0, 0.1) is 34.5 Å². The van der Waals surface area contributed by atoms with E-state index in [2.05, 4.69) is 43.6 Å². The van der Waals surface area contributed by atoms with Crippen LogP contribution >= 0.6 is 0 Å². The van der Waals surface area contributed by atoms with Gasteiger partial charge in [-0.2, -0.15) is 15.6 Å². The van der Waals surface area contributed by atoms with Gasteiger partial charge in [-0.15, -0.1) is 0 Å². The predicted octanol–water partition coefficient (Wildman–Crippen LogP) is 2.51. The number of nitriles is 2. The molecule has 2 N–H and O–H groups in total. The Labute approximate surface area is 207 Å². The van der Waals surface area contributed by atoms with Gasteiger partial charge in [0.25, 0.3) is 5.91 Å². The Balaban J connectivity index is 1.37. The predicted molar refractivity (Wildman–Crippen MR) is 132 cm³/mol. The van der Waals surface area contributed by atoms with Gasteiger partial charge in [-0.3, -0.25) is 4.79 Å². The Morgan fingerprint density at radius 1 is 1.11 bits per heavy atom. The summed E-state index contributed by atoms with van der Waals surface area (Å²) in [6, 6.07) is 14.5. The first-order chi connectivity index (χ1) is 17.6. The fourth-order valence-electron chi connectivity index (χ4n) is 3.40. The molecule has 0 radical (unpaired) electrons. The summed E-state index contributed by atoms with van der Waals surface area (Å²) in [6.45, 7) is 3.18. The van der Waals surface area contributed by atoms with Crippen molar-refractivity contribution < 1.29 is 9.53 Å². The number of ether oxygens (including phenoxy) is 1. The molecule has 4 heterocycles. The number of rotatable bonds is 7. The summed E-state index contributed by atoms with van der Waals surface area (Å²) in [5.74, 6) is 5.91. The molecule has 10 nitrogen and oxygen atoms in total. The number of hydrogen-bond donors (Lipinski definition) is 2. The molecule has 0 saturated carbocycles. The van der Waals surface area contributed by atoms with Crippen LogP contribution in [0.25, 0.3) is 16.6 Å². The third-order valence-corrected chi connectivity index (χ3v) is 4.98. The average molecular weight is 477 g/mol. The molecule has 176 valence electrons. The topological polar surface area (TPSA) is 141 Å². The lowest BCUT2D eigenvalue weighted by atomic mass is 10.1. The summed E-state index contributed by atoms with van der Waals surface area (Å²) in [5.41, 5.74) is 3.33. The molecule has 0 bridgehead atoms. The Kier molecular flexibility index (Phi) is 7.35. The van der Waals surface area contributed by atoms with Gasteiger partial charge in [0.1, 0.15) is 35.1 Å². The number of amides is 1. The lowest BCUT2D eigenvalue weighted by molar-refractivity contribution is -0.115. The molecule has 0 unspecified atom stereocenters. The first-order valence-corrected chi connectivity index (χ1v) is 11.0. The molecule has 4 aromatic heterocycles. The molecule has 4 aromatic rings. The van der Waals surface area contributed by atoms with E-state index in [4.69, 9.17) is 10.00 Å². The number of fused-ring (bicyclic) bond motifs is 1. The number of aromatic nitrogens is 4. The second-order valence-electron chi connectivity index (χ2n) is 7.37. The van der Waals surface area contributed by atoms with Gasteiger partial charge in [-0.1, -0.05) is 6.07 Å². The molecular formula is C26H20N8O2. The highest BCUT2D eigenvalue weighted by molar-refractivity contribution is 5.94. The second-order valence-corrected chi connectivity index (χ2v) is 7.37. The van der Waals surface area contributed by atoms with E-state index in [1.807, 2.05) is 31.2 Å². The van der Waals surface area contributed by atoms with Crippen molar-refractivity contribution in [3.8, 4) is 40.9 Å². The zero-order valence-electron chi connectivity index (χ0n) is 19.3. The SMILES string of the molecule is CCOc1cc(-c2ccc(NCCNC(=O)C#Cc3cccc(C#N)n3)nc2)c2c(C#N)cnn2c1. The van der Waals surface area contributed by atoms with E-state index >= 15 is 0 Å². The summed E-state index contributed by atoms with van der Waals surface area (Å²) >= 11 is 0. The smallest absolute Gasteiger partial charge is 0.296 e. The minimum atomic E-state index is -0.448. The summed E-state index contributed by atoms with van der Waals surface area (Å²) in [4.78, 5) is 20.4. The van der Waals surface area contributed by atoms with E-state index in [0.717, 1.165) is 11.1 Å². The maximum Gasteiger partial charge on any atom is 0.296 e. The lowest BCUT2D eigenvalue weighted by Gasteiger charge is -2.10. The number of pyridine rings is 3. The minimum absolute atomic E-state index is 0.243. The van der Waals surface area contributed by atoms with E-state index in [9.17, 15) is 10.1 Å². The lowest BCUT2D eigenvalue weighted by Crippen LogP contribution is -2.27. The quantitative estimate of drug-likeness (QED) is 0.306. The van der Waals surface area contributed by atoms with Crippen molar-refractivity contribution in [1.29, 1.82) is 10.5 Å². The first kappa shape index (κ1) is 23.7. The van der Waals surface area contributed by atoms with Crippen molar-refractivity contribution in [2.24, 2.45) is 0 Å². The molecule has 36 heavy (non-hydrogen) atoms. The van der Waals surface area contributed by atoms with Crippen LogP contribution in [0.3, 0.4) is 0 Å². The zero-order valence-corrected chi connectivity index (χ0v) is 19.3. The van der Waals surface area contributed by atoms with Crippen molar-refractivity contribution >= 4 is 17.2 Å². The van der Waals surface area contributed by atoms with Crippen molar-refractivity contribution in [3.05, 3.63) is 71.9 Å². The van der Waals surface area contributed by atoms with Gasteiger partial charge in [0.05, 0.1) is 30.1 Å². The minimum Gasteiger partial charge on any atom is -0.492 e. The van der Waals surface area contributed by atoms with Gasteiger partial charge < -0.3 is 15.4 Å². The van der Waals surface area contributed by atoms with E-state index < -0.39 is 5.91 Å². The molecule has 0 atom stereocenters. The Morgan fingerprint density at radius 3 is 2.72 bits per heavy atom. The molecule has 0 spiro atoms. The summed E-state index contributed by atoms with van der Waals surface area (Å²) < 4.78 is 7.28. The van der Waals surface area contributed by atoms with Crippen LogP contribution in [-0.2, 0) is 4.79 Å². The van der Waals surface area contributed by atoms with Crippen LogP contribution in [0.2, 0.25) is 0 Å². The molecule has 0 aromatic carbocycles. The van der Waals surface area contributed by atoms with E-state index in [1.165, 1.54) is 6.20 Å². The fraction of sp³-hybridized carbons (Fsp3) is 0.154. The first-order valence-electron chi connectivity index (χ1n) is 11.0. The Bertz CT molecular complexity index is 1550. The molecule has 0 fully saturated rings. The van der Waals surface area contributed by atoms with E-state index in [-0.39, 0.29) is 5.69 Å². The number of carbonyl (C=O) groups excluding carboxylic acids is 1. The Hall–Kier alpha value is -5.40. The zero-order chi connectivity index (χ0) is 25.3. The van der Waals surface area contributed by atoms with Crippen molar-refractivity contribution in [3.63, 3.8) is 0 Å². The number of anilines is 1. The summed E-state index contributed by atoms with van der Waals surface area (Å²) in [5, 5.41) is 28.4. The molecular weight excluding hydrogens is 456 g/mol. The molecule has 0 aliphatic carbocycles. The van der Waals surface area contributed by atoms with Crippen LogP contribution in [0.1, 0.15) is 23.9 Å². The second kappa shape index (κ2) is 11.1. The monoisotopic (exact) mass is 476 g/mol. The number of nitrogens with one attached hydrogen (secondary N) is 2. The number of carbonyl (C=O) groups is 1. The highest BCUT2D eigenvalue weighted by Gasteiger charge is 2.13. The highest BCUT2D eigenvalue weighted by atomic mass is 16.5. The van der Waals surface area contributed by atoms with Crippen LogP contribution in [0.15, 0.2) is 55.0 Å². The molecule has 0 saturated heterocycles. The van der Waals surface area contributed by atoms with Gasteiger partial charge in [-0.05, 0) is 43.2 Å². The van der Waals surface area contributed by atoms with Gasteiger partial charge in [0.2, 0.25) is 0 Å². The van der Waals surface area contributed by atoms with Crippen LogP contribution < -0.4 is 15.4 Å². The number of nitrogens with zero attached hydrogens (tertiary/aromatic N) is 6. The van der Waals surface area contributed by atoms with E-state index in [1.54, 1.807) is 35.1 Å². The van der Waals surface area contributed by atoms with Gasteiger partial charge in [0, 0.05) is 36.3 Å². The maximum absolute atomic E-state index is 11.9. The van der Waals surface area contributed by atoms with Crippen molar-refractivity contribution in [1.82, 2.24) is 24.9 Å². The third kappa shape index (κ3) is 5.56. The molecule has 1 amide bonds. The third-order valence-electron chi connectivity index (χ3n) is 4.98.